The molecule has 0 fully saturated rings. The summed E-state index contributed by atoms with van der Waals surface area (Å²) < 4.78 is 36.4. The van der Waals surface area contributed by atoms with Gasteiger partial charge in [-0.05, 0) is 70.8 Å². The van der Waals surface area contributed by atoms with Gasteiger partial charge in [-0.2, -0.15) is 8.42 Å². The van der Waals surface area contributed by atoms with Gasteiger partial charge in [-0.15, -0.1) is 0 Å². The van der Waals surface area contributed by atoms with Crippen LogP contribution in [-0.4, -0.2) is 64.1 Å². The highest BCUT2D eigenvalue weighted by molar-refractivity contribution is 7.87. The van der Waals surface area contributed by atoms with Crippen LogP contribution in [0.25, 0.3) is 0 Å². The third kappa shape index (κ3) is 8.23. The van der Waals surface area contributed by atoms with Crippen molar-refractivity contribution in [2.45, 2.75) is 37.8 Å². The number of likely N-dealkylation sites (N-methyl/N-ethyl adjacent to an activating group) is 1. The second-order valence-electron chi connectivity index (χ2n) is 9.00. The number of methoxy groups -OCH3 is 1. The predicted molar refractivity (Wildman–Crippen MR) is 135 cm³/mol. The summed E-state index contributed by atoms with van der Waals surface area (Å²) in [6, 6.07) is 8.57. The van der Waals surface area contributed by atoms with E-state index >= 15 is 0 Å². The topological polar surface area (TPSA) is 88.2 Å². The Morgan fingerprint density at radius 2 is 1.68 bits per heavy atom. The molecule has 0 unspecified atom stereocenters. The van der Waals surface area contributed by atoms with E-state index in [2.05, 4.69) is 5.32 Å². The summed E-state index contributed by atoms with van der Waals surface area (Å²) in [6.07, 6.45) is 0. The molecule has 0 saturated carbocycles. The molecule has 8 nitrogen and oxygen atoms in total. The van der Waals surface area contributed by atoms with E-state index in [1.165, 1.54) is 25.3 Å². The first kappa shape index (κ1) is 28.0. The summed E-state index contributed by atoms with van der Waals surface area (Å²) in [4.78, 5) is 16.4. The normalized spacial score (nSPS) is 11.9. The van der Waals surface area contributed by atoms with E-state index in [-0.39, 0.29) is 39.0 Å². The molecule has 0 spiro atoms. The molecule has 2 rings (SSSR count). The SMILES string of the molecule is COc1ccc(CN(CCN(C)C)C(=O)NC(C)(C)C)cc1OS(=O)(=O)c1ccc(Cl)c(Cl)c1. The third-order valence-electron chi connectivity index (χ3n) is 4.57. The van der Waals surface area contributed by atoms with E-state index in [1.807, 2.05) is 39.8 Å². The van der Waals surface area contributed by atoms with E-state index < -0.39 is 15.7 Å². The average molecular weight is 532 g/mol. The van der Waals surface area contributed by atoms with E-state index in [9.17, 15) is 13.2 Å². The third-order valence-corrected chi connectivity index (χ3v) is 6.54. The number of halogens is 2. The number of urea groups is 1. The molecule has 0 aliphatic rings. The molecule has 11 heteroatoms. The molecule has 1 N–H and O–H groups in total. The second kappa shape index (κ2) is 11.5. The molecular formula is C23H31Cl2N3O5S. The van der Waals surface area contributed by atoms with Crippen LogP contribution in [-0.2, 0) is 16.7 Å². The van der Waals surface area contributed by atoms with Crippen LogP contribution >= 0.6 is 23.2 Å². The molecule has 188 valence electrons. The highest BCUT2D eigenvalue weighted by Gasteiger charge is 2.23. The van der Waals surface area contributed by atoms with Crippen LogP contribution in [0.1, 0.15) is 26.3 Å². The van der Waals surface area contributed by atoms with Crippen molar-refractivity contribution in [2.75, 3.05) is 34.3 Å². The Hall–Kier alpha value is -2.20. The quantitative estimate of drug-likeness (QED) is 0.474. The van der Waals surface area contributed by atoms with Crippen LogP contribution in [0.2, 0.25) is 10.0 Å². The molecule has 0 heterocycles. The summed E-state index contributed by atoms with van der Waals surface area (Å²) in [5.74, 6) is 0.223. The zero-order chi connectivity index (χ0) is 25.7. The molecule has 2 aromatic rings. The van der Waals surface area contributed by atoms with Gasteiger partial charge in [-0.3, -0.25) is 0 Å². The molecule has 0 radical (unpaired) electrons. The minimum absolute atomic E-state index is 0.00476. The number of carbonyl (C=O) groups is 1. The summed E-state index contributed by atoms with van der Waals surface area (Å²) in [7, 11) is 1.04. The number of hydrogen-bond acceptors (Lipinski definition) is 6. The number of nitrogens with one attached hydrogen (secondary N) is 1. The number of carbonyl (C=O) groups excluding carboxylic acids is 1. The maximum atomic E-state index is 12.9. The largest absolute Gasteiger partial charge is 0.493 e. The number of rotatable bonds is 9. The number of ether oxygens (including phenoxy) is 1. The maximum absolute atomic E-state index is 12.9. The molecule has 0 saturated heterocycles. The van der Waals surface area contributed by atoms with Crippen LogP contribution in [0.3, 0.4) is 0 Å². The van der Waals surface area contributed by atoms with Crippen molar-refractivity contribution < 1.29 is 22.1 Å². The van der Waals surface area contributed by atoms with Crippen molar-refractivity contribution in [1.29, 1.82) is 0 Å². The lowest BCUT2D eigenvalue weighted by Gasteiger charge is -2.29. The lowest BCUT2D eigenvalue weighted by molar-refractivity contribution is 0.180. The van der Waals surface area contributed by atoms with Gasteiger partial charge in [0.2, 0.25) is 0 Å². The van der Waals surface area contributed by atoms with Crippen LogP contribution < -0.4 is 14.2 Å². The molecule has 0 aliphatic heterocycles. The van der Waals surface area contributed by atoms with Crippen LogP contribution in [0, 0.1) is 0 Å². The van der Waals surface area contributed by atoms with E-state index in [4.69, 9.17) is 32.1 Å². The summed E-state index contributed by atoms with van der Waals surface area (Å²) >= 11 is 11.9. The van der Waals surface area contributed by atoms with Crippen molar-refractivity contribution in [1.82, 2.24) is 15.1 Å². The molecule has 2 aromatic carbocycles. The molecule has 0 aromatic heterocycles. The lowest BCUT2D eigenvalue weighted by Crippen LogP contribution is -2.49. The molecule has 34 heavy (non-hydrogen) atoms. The van der Waals surface area contributed by atoms with Crippen molar-refractivity contribution in [3.63, 3.8) is 0 Å². The predicted octanol–water partition coefficient (Wildman–Crippen LogP) is 4.64. The van der Waals surface area contributed by atoms with Crippen LogP contribution in [0.5, 0.6) is 11.5 Å². The standard InChI is InChI=1S/C23H31Cl2N3O5S/c1-23(2,3)26-22(29)28(12-11-27(4)5)15-16-7-10-20(32-6)21(13-16)33-34(30,31)17-8-9-18(24)19(25)14-17/h7-10,13-14H,11-12,15H2,1-6H3,(H,26,29). The number of benzene rings is 2. The van der Waals surface area contributed by atoms with Gasteiger partial charge < -0.3 is 24.0 Å². The lowest BCUT2D eigenvalue weighted by atomic mass is 10.1. The fourth-order valence-corrected chi connectivity index (χ4v) is 4.20. The zero-order valence-electron chi connectivity index (χ0n) is 20.2. The fraction of sp³-hybridized carbons (Fsp3) is 0.435. The van der Waals surface area contributed by atoms with Gasteiger partial charge in [-0.25, -0.2) is 4.79 Å². The molecule has 2 amide bonds. The summed E-state index contributed by atoms with van der Waals surface area (Å²) in [6.45, 7) is 7.08. The Bertz CT molecular complexity index is 1120. The Labute approximate surface area is 211 Å². The molecule has 0 aliphatic carbocycles. The number of nitrogens with zero attached hydrogens (tertiary/aromatic N) is 2. The first-order valence-electron chi connectivity index (χ1n) is 10.5. The number of amides is 2. The Morgan fingerprint density at radius 3 is 2.24 bits per heavy atom. The van der Waals surface area contributed by atoms with Crippen molar-refractivity contribution in [2.24, 2.45) is 0 Å². The van der Waals surface area contributed by atoms with Gasteiger partial charge >= 0.3 is 16.1 Å². The smallest absolute Gasteiger partial charge is 0.339 e. The summed E-state index contributed by atoms with van der Waals surface area (Å²) in [5.41, 5.74) is 0.262. The van der Waals surface area contributed by atoms with Crippen molar-refractivity contribution in [3.05, 3.63) is 52.0 Å². The van der Waals surface area contributed by atoms with E-state index in [0.29, 0.717) is 18.7 Å². The van der Waals surface area contributed by atoms with Gasteiger partial charge in [-0.1, -0.05) is 29.3 Å². The second-order valence-corrected chi connectivity index (χ2v) is 11.4. The van der Waals surface area contributed by atoms with Crippen LogP contribution in [0.4, 0.5) is 4.79 Å². The Balaban J connectivity index is 2.34. The molecule has 0 bridgehead atoms. The van der Waals surface area contributed by atoms with Gasteiger partial charge in [0, 0.05) is 25.2 Å². The first-order chi connectivity index (χ1) is 15.7. The average Bonchev–Trinajstić information content (AvgIpc) is 2.71. The molecule has 0 atom stereocenters. The maximum Gasteiger partial charge on any atom is 0.339 e. The summed E-state index contributed by atoms with van der Waals surface area (Å²) in [5, 5.41) is 3.28. The van der Waals surface area contributed by atoms with Gasteiger partial charge in [0.15, 0.2) is 11.5 Å². The number of hydrogen-bond donors (Lipinski definition) is 1. The van der Waals surface area contributed by atoms with Crippen LogP contribution in [0.15, 0.2) is 41.3 Å². The van der Waals surface area contributed by atoms with Gasteiger partial charge in [0.1, 0.15) is 4.90 Å². The van der Waals surface area contributed by atoms with E-state index in [1.54, 1.807) is 23.1 Å². The van der Waals surface area contributed by atoms with Crippen molar-refractivity contribution >= 4 is 39.4 Å². The molecular weight excluding hydrogens is 501 g/mol. The Kier molecular flexibility index (Phi) is 9.47. The highest BCUT2D eigenvalue weighted by atomic mass is 35.5. The minimum atomic E-state index is -4.21. The monoisotopic (exact) mass is 531 g/mol. The van der Waals surface area contributed by atoms with Gasteiger partial charge in [0.05, 0.1) is 17.2 Å². The van der Waals surface area contributed by atoms with Gasteiger partial charge in [0.25, 0.3) is 0 Å². The fourth-order valence-electron chi connectivity index (χ4n) is 2.88. The van der Waals surface area contributed by atoms with E-state index in [0.717, 1.165) is 0 Å². The highest BCUT2D eigenvalue weighted by Crippen LogP contribution is 2.32. The Morgan fingerprint density at radius 1 is 1.00 bits per heavy atom. The van der Waals surface area contributed by atoms with Crippen molar-refractivity contribution in [3.8, 4) is 11.5 Å². The minimum Gasteiger partial charge on any atom is -0.493 e. The zero-order valence-corrected chi connectivity index (χ0v) is 22.5. The first-order valence-corrected chi connectivity index (χ1v) is 12.7.